The molecule has 2 bridgehead atoms. The molecular weight excluding hydrogens is 340 g/mol. The molecule has 138 valence electrons. The summed E-state index contributed by atoms with van der Waals surface area (Å²) in [6.07, 6.45) is 1.21. The van der Waals surface area contributed by atoms with Crippen LogP contribution in [0.2, 0.25) is 0 Å². The largest absolute Gasteiger partial charge is 0.376 e. The van der Waals surface area contributed by atoms with E-state index < -0.39 is 22.7 Å². The Morgan fingerprint density at radius 1 is 1.07 bits per heavy atom. The second-order valence-corrected chi connectivity index (χ2v) is 7.69. The van der Waals surface area contributed by atoms with Crippen molar-refractivity contribution in [3.05, 3.63) is 71.3 Å². The molecule has 0 aromatic heterocycles. The minimum absolute atomic E-state index is 0.0730. The zero-order chi connectivity index (χ0) is 19.2. The number of carbonyl (C=O) groups is 3. The highest BCUT2D eigenvalue weighted by Crippen LogP contribution is 2.58. The van der Waals surface area contributed by atoms with Crippen molar-refractivity contribution in [2.45, 2.75) is 38.2 Å². The molecule has 1 N–H and O–H groups in total. The molecule has 2 aliphatic carbocycles. The molecule has 27 heavy (non-hydrogen) atoms. The summed E-state index contributed by atoms with van der Waals surface area (Å²) in [5, 5.41) is 11.5. The molecule has 0 spiro atoms. The van der Waals surface area contributed by atoms with E-state index in [1.54, 1.807) is 24.3 Å². The van der Waals surface area contributed by atoms with Crippen LogP contribution in [0.25, 0.3) is 0 Å². The quantitative estimate of drug-likeness (QED) is 0.829. The summed E-state index contributed by atoms with van der Waals surface area (Å²) >= 11 is 0. The maximum absolute atomic E-state index is 13.5. The van der Waals surface area contributed by atoms with Gasteiger partial charge >= 0.3 is 0 Å². The second-order valence-electron chi connectivity index (χ2n) is 7.69. The zero-order valence-electron chi connectivity index (χ0n) is 15.3. The molecule has 4 nitrogen and oxygen atoms in total. The third kappa shape index (κ3) is 2.36. The number of ketones is 3. The van der Waals surface area contributed by atoms with Crippen LogP contribution < -0.4 is 0 Å². The lowest BCUT2D eigenvalue weighted by Gasteiger charge is -2.36. The highest BCUT2D eigenvalue weighted by molar-refractivity contribution is 6.24. The SMILES string of the molecule is CCCC(=O)[C@@H]1C[C@@]2(Cc3ccccc3)C(=O)c3ccccc3[C@]1(O)C2=O. The molecule has 2 aromatic rings. The summed E-state index contributed by atoms with van der Waals surface area (Å²) in [7, 11) is 0. The number of hydrogen-bond donors (Lipinski definition) is 1. The van der Waals surface area contributed by atoms with Crippen LogP contribution in [-0.2, 0) is 21.6 Å². The smallest absolute Gasteiger partial charge is 0.183 e. The number of Topliss-reactive ketones (excluding diaryl/α,β-unsaturated/α-hetero) is 3. The Kier molecular flexibility index (Phi) is 4.11. The highest BCUT2D eigenvalue weighted by atomic mass is 16.3. The Morgan fingerprint density at radius 2 is 1.74 bits per heavy atom. The van der Waals surface area contributed by atoms with Crippen molar-refractivity contribution in [2.75, 3.05) is 0 Å². The molecule has 0 aliphatic heterocycles. The lowest BCUT2D eigenvalue weighted by molar-refractivity contribution is -0.148. The van der Waals surface area contributed by atoms with Gasteiger partial charge in [0.25, 0.3) is 0 Å². The predicted octanol–water partition coefficient (Wildman–Crippen LogP) is 3.26. The van der Waals surface area contributed by atoms with Crippen molar-refractivity contribution in [3.63, 3.8) is 0 Å². The molecular formula is C23H22O4. The monoisotopic (exact) mass is 362 g/mol. The average molecular weight is 362 g/mol. The Hall–Kier alpha value is -2.59. The van der Waals surface area contributed by atoms with Crippen LogP contribution in [0.15, 0.2) is 54.6 Å². The molecule has 0 amide bonds. The van der Waals surface area contributed by atoms with Crippen molar-refractivity contribution >= 4 is 17.3 Å². The summed E-state index contributed by atoms with van der Waals surface area (Å²) in [6.45, 7) is 1.89. The molecule has 2 aromatic carbocycles. The number of fused-ring (bicyclic) bond motifs is 4. The normalized spacial score (nSPS) is 28.9. The molecule has 1 saturated carbocycles. The number of aliphatic hydroxyl groups is 1. The van der Waals surface area contributed by atoms with E-state index >= 15 is 0 Å². The highest BCUT2D eigenvalue weighted by Gasteiger charge is 2.70. The van der Waals surface area contributed by atoms with Crippen molar-refractivity contribution in [3.8, 4) is 0 Å². The Labute approximate surface area is 158 Å². The number of carbonyl (C=O) groups excluding carboxylic acids is 3. The lowest BCUT2D eigenvalue weighted by Crippen LogP contribution is -2.51. The first kappa shape index (κ1) is 17.8. The van der Waals surface area contributed by atoms with Crippen molar-refractivity contribution in [1.29, 1.82) is 0 Å². The van der Waals surface area contributed by atoms with Crippen molar-refractivity contribution < 1.29 is 19.5 Å². The standard InChI is InChI=1S/C23H22O4/c1-2-8-19(24)18-14-22(13-15-9-4-3-5-10-15)20(25)16-11-6-7-12-17(16)23(18,27)21(22)26/h3-7,9-12,18,27H,2,8,13-14H2,1H3/t18-,22-,23+/m0/s1. The van der Waals surface area contributed by atoms with E-state index in [2.05, 4.69) is 0 Å². The average Bonchev–Trinajstić information content (AvgIpc) is 2.87. The third-order valence-electron chi connectivity index (χ3n) is 6.09. The Morgan fingerprint density at radius 3 is 2.44 bits per heavy atom. The summed E-state index contributed by atoms with van der Waals surface area (Å²) in [4.78, 5) is 39.8. The predicted molar refractivity (Wildman–Crippen MR) is 100 cm³/mol. The maximum Gasteiger partial charge on any atom is 0.183 e. The van der Waals surface area contributed by atoms with E-state index in [0.717, 1.165) is 5.56 Å². The van der Waals surface area contributed by atoms with Gasteiger partial charge in [-0.15, -0.1) is 0 Å². The van der Waals surface area contributed by atoms with Gasteiger partial charge in [-0.1, -0.05) is 61.5 Å². The molecule has 2 aliphatic rings. The first-order valence-electron chi connectivity index (χ1n) is 9.43. The fraction of sp³-hybridized carbons (Fsp3) is 0.348. The van der Waals surface area contributed by atoms with E-state index in [-0.39, 0.29) is 36.4 Å². The molecule has 4 heteroatoms. The minimum atomic E-state index is -1.91. The minimum Gasteiger partial charge on any atom is -0.376 e. The zero-order valence-corrected chi connectivity index (χ0v) is 15.3. The van der Waals surface area contributed by atoms with Gasteiger partial charge < -0.3 is 5.11 Å². The third-order valence-corrected chi connectivity index (χ3v) is 6.09. The van der Waals surface area contributed by atoms with Crippen molar-refractivity contribution in [1.82, 2.24) is 0 Å². The number of rotatable bonds is 5. The first-order chi connectivity index (χ1) is 12.9. The van der Waals surface area contributed by atoms with E-state index in [9.17, 15) is 19.5 Å². The van der Waals surface area contributed by atoms with Gasteiger partial charge in [0.05, 0.1) is 5.92 Å². The van der Waals surface area contributed by atoms with E-state index in [0.29, 0.717) is 12.0 Å². The van der Waals surface area contributed by atoms with Crippen LogP contribution in [0, 0.1) is 11.3 Å². The maximum atomic E-state index is 13.5. The van der Waals surface area contributed by atoms with Crippen LogP contribution in [0.3, 0.4) is 0 Å². The van der Waals surface area contributed by atoms with E-state index in [4.69, 9.17) is 0 Å². The first-order valence-corrected chi connectivity index (χ1v) is 9.43. The molecule has 1 fully saturated rings. The fourth-order valence-electron chi connectivity index (χ4n) is 4.83. The summed E-state index contributed by atoms with van der Waals surface area (Å²) in [5.41, 5.74) is -1.79. The number of benzene rings is 2. The second kappa shape index (κ2) is 6.24. The van der Waals surface area contributed by atoms with Crippen molar-refractivity contribution in [2.24, 2.45) is 11.3 Å². The summed E-state index contributed by atoms with van der Waals surface area (Å²) < 4.78 is 0. The van der Waals surface area contributed by atoms with Gasteiger partial charge in [0.1, 0.15) is 11.2 Å². The van der Waals surface area contributed by atoms with Gasteiger partial charge in [-0.3, -0.25) is 14.4 Å². The lowest BCUT2D eigenvalue weighted by atomic mass is 9.66. The van der Waals surface area contributed by atoms with Crippen LogP contribution in [-0.4, -0.2) is 22.5 Å². The van der Waals surface area contributed by atoms with Crippen LogP contribution in [0.1, 0.15) is 47.7 Å². The van der Waals surface area contributed by atoms with Crippen LogP contribution in [0.4, 0.5) is 0 Å². The van der Waals surface area contributed by atoms with Crippen LogP contribution >= 0.6 is 0 Å². The van der Waals surface area contributed by atoms with E-state index in [1.807, 2.05) is 37.3 Å². The van der Waals surface area contributed by atoms with Gasteiger partial charge in [-0.05, 0) is 24.8 Å². The Bertz CT molecular complexity index is 932. The molecule has 0 radical (unpaired) electrons. The molecule has 0 saturated heterocycles. The molecule has 3 atom stereocenters. The topological polar surface area (TPSA) is 71.4 Å². The van der Waals surface area contributed by atoms with E-state index in [1.165, 1.54) is 0 Å². The molecule has 0 heterocycles. The summed E-state index contributed by atoms with van der Waals surface area (Å²) in [5.74, 6) is -1.81. The van der Waals surface area contributed by atoms with Gasteiger partial charge in [0.15, 0.2) is 17.2 Å². The fourth-order valence-corrected chi connectivity index (χ4v) is 4.83. The molecule has 4 rings (SSSR count). The Balaban J connectivity index is 1.91. The molecule has 0 unspecified atom stereocenters. The van der Waals surface area contributed by atoms with Gasteiger partial charge in [-0.2, -0.15) is 0 Å². The van der Waals surface area contributed by atoms with Gasteiger partial charge in [0, 0.05) is 17.5 Å². The number of hydrogen-bond acceptors (Lipinski definition) is 4. The van der Waals surface area contributed by atoms with Crippen LogP contribution in [0.5, 0.6) is 0 Å². The van der Waals surface area contributed by atoms with Gasteiger partial charge in [0.2, 0.25) is 0 Å². The summed E-state index contributed by atoms with van der Waals surface area (Å²) in [6, 6.07) is 16.0. The van der Waals surface area contributed by atoms with Gasteiger partial charge in [-0.25, -0.2) is 0 Å².